The molecular weight excluding hydrogens is 340 g/mol. The number of benzene rings is 1. The molecule has 5 heteroatoms. The number of para-hydroxylation sites is 1. The quantitative estimate of drug-likeness (QED) is 0.895. The first-order valence-electron chi connectivity index (χ1n) is 9.83. The number of furan rings is 1. The maximum atomic E-state index is 12.0. The fourth-order valence-electron chi connectivity index (χ4n) is 4.47. The molecule has 1 spiro atoms. The highest BCUT2D eigenvalue weighted by molar-refractivity contribution is 5.76. The summed E-state index contributed by atoms with van der Waals surface area (Å²) in [6, 6.07) is 12.3. The van der Waals surface area contributed by atoms with Gasteiger partial charge in [0.1, 0.15) is 22.9 Å². The summed E-state index contributed by atoms with van der Waals surface area (Å²) < 4.78 is 12.3. The molecule has 27 heavy (non-hydrogen) atoms. The minimum Gasteiger partial charge on any atom is -0.487 e. The van der Waals surface area contributed by atoms with Gasteiger partial charge in [-0.05, 0) is 49.9 Å². The van der Waals surface area contributed by atoms with Crippen molar-refractivity contribution in [2.75, 3.05) is 20.1 Å². The normalized spacial score (nSPS) is 21.5. The van der Waals surface area contributed by atoms with E-state index in [1.54, 1.807) is 7.05 Å². The fraction of sp³-hybridized carbons (Fsp3) is 0.500. The van der Waals surface area contributed by atoms with Gasteiger partial charge in [0, 0.05) is 32.5 Å². The number of fused-ring (bicyclic) bond motifs is 1. The molecule has 3 heterocycles. The van der Waals surface area contributed by atoms with E-state index < -0.39 is 0 Å². The van der Waals surface area contributed by atoms with Crippen LogP contribution in [0.5, 0.6) is 5.75 Å². The molecule has 0 bridgehead atoms. The molecule has 1 atom stereocenters. The second-order valence-corrected chi connectivity index (χ2v) is 7.89. The standard InChI is InChI=1S/C22H28N2O3/c1-16-7-8-18(26-16)15-24-11-9-22(10-12-24)14-17(13-21(25)23-2)19-5-3-4-6-20(19)27-22/h3-8,17H,9-15H2,1-2H3,(H,23,25)/t17-/m1/s1. The van der Waals surface area contributed by atoms with Gasteiger partial charge in [0.25, 0.3) is 0 Å². The van der Waals surface area contributed by atoms with E-state index in [-0.39, 0.29) is 17.4 Å². The minimum atomic E-state index is -0.164. The smallest absolute Gasteiger partial charge is 0.220 e. The summed E-state index contributed by atoms with van der Waals surface area (Å²) in [5.41, 5.74) is 1.00. The highest BCUT2D eigenvalue weighted by Crippen LogP contribution is 2.46. The van der Waals surface area contributed by atoms with Gasteiger partial charge in [0.05, 0.1) is 6.54 Å². The van der Waals surface area contributed by atoms with Gasteiger partial charge >= 0.3 is 0 Å². The van der Waals surface area contributed by atoms with Crippen LogP contribution in [-0.2, 0) is 11.3 Å². The van der Waals surface area contributed by atoms with Crippen molar-refractivity contribution in [3.8, 4) is 5.75 Å². The third kappa shape index (κ3) is 3.88. The first-order valence-corrected chi connectivity index (χ1v) is 9.83. The van der Waals surface area contributed by atoms with E-state index in [1.165, 1.54) is 5.56 Å². The fourth-order valence-corrected chi connectivity index (χ4v) is 4.47. The first kappa shape index (κ1) is 18.1. The molecule has 2 aliphatic rings. The average Bonchev–Trinajstić information content (AvgIpc) is 3.08. The summed E-state index contributed by atoms with van der Waals surface area (Å²) >= 11 is 0. The van der Waals surface area contributed by atoms with Crippen molar-refractivity contribution in [2.24, 2.45) is 0 Å². The number of nitrogens with zero attached hydrogens (tertiary/aromatic N) is 1. The Balaban J connectivity index is 1.46. The van der Waals surface area contributed by atoms with Gasteiger partial charge < -0.3 is 14.5 Å². The lowest BCUT2D eigenvalue weighted by molar-refractivity contribution is -0.121. The number of amides is 1. The molecule has 1 aromatic carbocycles. The molecule has 0 unspecified atom stereocenters. The van der Waals surface area contributed by atoms with Crippen molar-refractivity contribution < 1.29 is 13.9 Å². The van der Waals surface area contributed by atoms with E-state index in [1.807, 2.05) is 31.2 Å². The Bertz CT molecular complexity index is 805. The second kappa shape index (κ2) is 7.39. The molecule has 1 aromatic heterocycles. The third-order valence-corrected chi connectivity index (χ3v) is 5.96. The largest absolute Gasteiger partial charge is 0.487 e. The Labute approximate surface area is 160 Å². The number of aryl methyl sites for hydroxylation is 1. The van der Waals surface area contributed by atoms with Gasteiger partial charge in [-0.1, -0.05) is 18.2 Å². The van der Waals surface area contributed by atoms with Crippen LogP contribution in [0.4, 0.5) is 0 Å². The molecule has 144 valence electrons. The van der Waals surface area contributed by atoms with Crippen molar-refractivity contribution in [1.29, 1.82) is 0 Å². The van der Waals surface area contributed by atoms with E-state index in [2.05, 4.69) is 22.3 Å². The number of piperidine rings is 1. The lowest BCUT2D eigenvalue weighted by Crippen LogP contribution is -2.50. The lowest BCUT2D eigenvalue weighted by atomic mass is 9.76. The number of hydrogen-bond donors (Lipinski definition) is 1. The second-order valence-electron chi connectivity index (χ2n) is 7.89. The minimum absolute atomic E-state index is 0.0949. The Kier molecular flexibility index (Phi) is 4.96. The molecule has 1 amide bonds. The number of carbonyl (C=O) groups is 1. The van der Waals surface area contributed by atoms with Gasteiger partial charge in [0.15, 0.2) is 0 Å². The van der Waals surface area contributed by atoms with Crippen LogP contribution in [0.25, 0.3) is 0 Å². The van der Waals surface area contributed by atoms with Gasteiger partial charge in [-0.15, -0.1) is 0 Å². The first-order chi connectivity index (χ1) is 13.1. The monoisotopic (exact) mass is 368 g/mol. The van der Waals surface area contributed by atoms with E-state index >= 15 is 0 Å². The number of carbonyl (C=O) groups excluding carboxylic acids is 1. The van der Waals surface area contributed by atoms with Crippen LogP contribution < -0.4 is 10.1 Å². The van der Waals surface area contributed by atoms with Crippen LogP contribution in [0.1, 0.15) is 48.7 Å². The predicted octanol–water partition coefficient (Wildman–Crippen LogP) is 3.63. The highest BCUT2D eigenvalue weighted by atomic mass is 16.5. The van der Waals surface area contributed by atoms with E-state index in [0.29, 0.717) is 6.42 Å². The van der Waals surface area contributed by atoms with Crippen molar-refractivity contribution in [1.82, 2.24) is 10.2 Å². The maximum Gasteiger partial charge on any atom is 0.220 e. The zero-order valence-corrected chi connectivity index (χ0v) is 16.2. The molecule has 5 nitrogen and oxygen atoms in total. The summed E-state index contributed by atoms with van der Waals surface area (Å²) in [6.45, 7) is 4.79. The zero-order chi connectivity index (χ0) is 18.9. The van der Waals surface area contributed by atoms with Gasteiger partial charge in [-0.3, -0.25) is 9.69 Å². The van der Waals surface area contributed by atoms with Gasteiger partial charge in [-0.2, -0.15) is 0 Å². The van der Waals surface area contributed by atoms with E-state index in [9.17, 15) is 4.79 Å². The molecule has 1 N–H and O–H groups in total. The molecule has 1 saturated heterocycles. The summed E-state index contributed by atoms with van der Waals surface area (Å²) in [5, 5.41) is 2.77. The number of rotatable bonds is 4. The Morgan fingerprint density at radius 1 is 1.22 bits per heavy atom. The SMILES string of the molecule is CNC(=O)C[C@@H]1CC2(CCN(Cc3ccc(C)o3)CC2)Oc2ccccc21. The molecule has 0 aliphatic carbocycles. The molecular formula is C22H28N2O3. The summed E-state index contributed by atoms with van der Waals surface area (Å²) in [7, 11) is 1.71. The number of likely N-dealkylation sites (tertiary alicyclic amines) is 1. The van der Waals surface area contributed by atoms with Crippen molar-refractivity contribution in [3.63, 3.8) is 0 Å². The van der Waals surface area contributed by atoms with Crippen LogP contribution in [-0.4, -0.2) is 36.5 Å². The van der Waals surface area contributed by atoms with Crippen LogP contribution in [0.15, 0.2) is 40.8 Å². The molecule has 0 saturated carbocycles. The average molecular weight is 368 g/mol. The van der Waals surface area contributed by atoms with Crippen LogP contribution in [0, 0.1) is 6.92 Å². The molecule has 2 aromatic rings. The Morgan fingerprint density at radius 3 is 2.70 bits per heavy atom. The Hall–Kier alpha value is -2.27. The number of hydrogen-bond acceptors (Lipinski definition) is 4. The molecule has 2 aliphatic heterocycles. The lowest BCUT2D eigenvalue weighted by Gasteiger charge is -2.46. The molecule has 0 radical (unpaired) electrons. The summed E-state index contributed by atoms with van der Waals surface area (Å²) in [6.07, 6.45) is 3.38. The van der Waals surface area contributed by atoms with E-state index in [0.717, 1.165) is 56.2 Å². The van der Waals surface area contributed by atoms with Crippen molar-refractivity contribution in [3.05, 3.63) is 53.5 Å². The molecule has 4 rings (SSSR count). The third-order valence-electron chi connectivity index (χ3n) is 5.96. The Morgan fingerprint density at radius 2 is 2.00 bits per heavy atom. The van der Waals surface area contributed by atoms with Gasteiger partial charge in [0.2, 0.25) is 5.91 Å². The summed E-state index contributed by atoms with van der Waals surface area (Å²) in [5.74, 6) is 3.25. The van der Waals surface area contributed by atoms with Crippen LogP contribution in [0.3, 0.4) is 0 Å². The summed E-state index contributed by atoms with van der Waals surface area (Å²) in [4.78, 5) is 14.5. The maximum absolute atomic E-state index is 12.0. The number of ether oxygens (including phenoxy) is 1. The van der Waals surface area contributed by atoms with Crippen LogP contribution >= 0.6 is 0 Å². The van der Waals surface area contributed by atoms with Crippen molar-refractivity contribution >= 4 is 5.91 Å². The topological polar surface area (TPSA) is 54.7 Å². The predicted molar refractivity (Wildman–Crippen MR) is 104 cm³/mol. The number of nitrogens with one attached hydrogen (secondary N) is 1. The zero-order valence-electron chi connectivity index (χ0n) is 16.2. The van der Waals surface area contributed by atoms with Crippen LogP contribution in [0.2, 0.25) is 0 Å². The molecule has 1 fully saturated rings. The van der Waals surface area contributed by atoms with Gasteiger partial charge in [-0.25, -0.2) is 0 Å². The highest BCUT2D eigenvalue weighted by Gasteiger charge is 2.43. The van der Waals surface area contributed by atoms with E-state index in [4.69, 9.17) is 9.15 Å². The van der Waals surface area contributed by atoms with Crippen molar-refractivity contribution in [2.45, 2.75) is 50.7 Å².